The number of hydrogen-bond acceptors (Lipinski definition) is 4. The number of likely N-dealkylation sites (N-methyl/N-ethyl adjacent to an activating group) is 1. The van der Waals surface area contributed by atoms with Crippen molar-refractivity contribution in [2.45, 2.75) is 31.5 Å². The maximum absolute atomic E-state index is 14.4. The van der Waals surface area contributed by atoms with Gasteiger partial charge in [-0.2, -0.15) is 0 Å². The number of hydrogen-bond donors (Lipinski definition) is 0. The number of likely N-dealkylation sites (tertiary alicyclic amines) is 2. The average molecular weight is 586 g/mol. The van der Waals surface area contributed by atoms with E-state index in [0.29, 0.717) is 12.1 Å². The molecule has 198 valence electrons. The molecule has 0 spiro atoms. The van der Waals surface area contributed by atoms with Crippen molar-refractivity contribution in [1.29, 1.82) is 0 Å². The van der Waals surface area contributed by atoms with E-state index in [4.69, 9.17) is 0 Å². The molecule has 3 saturated heterocycles. The Bertz CT molecular complexity index is 1450. The first kappa shape index (κ1) is 25.5. The van der Waals surface area contributed by atoms with Crippen molar-refractivity contribution < 1.29 is 19.2 Å². The molecule has 3 fully saturated rings. The van der Waals surface area contributed by atoms with Crippen molar-refractivity contribution in [3.63, 3.8) is 0 Å². The lowest BCUT2D eigenvalue weighted by Gasteiger charge is -2.49. The third-order valence-electron chi connectivity index (χ3n) is 8.39. The van der Waals surface area contributed by atoms with Crippen molar-refractivity contribution in [3.8, 4) is 0 Å². The van der Waals surface area contributed by atoms with Crippen LogP contribution in [0.25, 0.3) is 0 Å². The van der Waals surface area contributed by atoms with Crippen LogP contribution in [0.15, 0.2) is 89.4 Å². The van der Waals surface area contributed by atoms with Gasteiger partial charge in [0.25, 0.3) is 5.91 Å². The Morgan fingerprint density at radius 1 is 0.872 bits per heavy atom. The van der Waals surface area contributed by atoms with Crippen molar-refractivity contribution >= 4 is 39.6 Å². The van der Waals surface area contributed by atoms with Gasteiger partial charge < -0.3 is 9.80 Å². The number of carbonyl (C=O) groups excluding carboxylic acids is 4. The van der Waals surface area contributed by atoms with Crippen molar-refractivity contribution in [3.05, 3.63) is 106 Å². The molecular formula is C31H28BrN3O4. The third-order valence-corrected chi connectivity index (χ3v) is 8.92. The van der Waals surface area contributed by atoms with Gasteiger partial charge in [-0.25, -0.2) is 0 Å². The van der Waals surface area contributed by atoms with E-state index in [1.165, 1.54) is 4.90 Å². The fourth-order valence-corrected chi connectivity index (χ4v) is 6.96. The molecule has 3 aromatic carbocycles. The van der Waals surface area contributed by atoms with Gasteiger partial charge in [0.1, 0.15) is 5.54 Å². The zero-order chi connectivity index (χ0) is 27.3. The first-order valence-electron chi connectivity index (χ1n) is 13.2. The number of fused-ring (bicyclic) bond motifs is 5. The van der Waals surface area contributed by atoms with Crippen molar-refractivity contribution in [2.24, 2.45) is 11.8 Å². The lowest BCUT2D eigenvalue weighted by atomic mass is 9.75. The highest BCUT2D eigenvalue weighted by molar-refractivity contribution is 9.10. The second-order valence-electron chi connectivity index (χ2n) is 10.4. The highest BCUT2D eigenvalue weighted by atomic mass is 79.9. The largest absolute Gasteiger partial charge is 0.339 e. The fraction of sp³-hybridized carbons (Fsp3) is 0.290. The number of benzene rings is 3. The molecule has 39 heavy (non-hydrogen) atoms. The van der Waals surface area contributed by atoms with Crippen LogP contribution < -0.4 is 0 Å². The van der Waals surface area contributed by atoms with Crippen LogP contribution in [0.5, 0.6) is 0 Å². The Labute approximate surface area is 235 Å². The number of carbonyl (C=O) groups is 4. The smallest absolute Gasteiger partial charge is 0.255 e. The molecule has 0 N–H and O–H groups in total. The Morgan fingerprint density at radius 2 is 1.49 bits per heavy atom. The minimum absolute atomic E-state index is 0.145. The lowest BCUT2D eigenvalue weighted by molar-refractivity contribution is -0.156. The van der Waals surface area contributed by atoms with E-state index in [9.17, 15) is 19.2 Å². The Hall–Kier alpha value is -3.78. The lowest BCUT2D eigenvalue weighted by Crippen LogP contribution is -2.70. The van der Waals surface area contributed by atoms with Crippen molar-refractivity contribution in [2.75, 3.05) is 13.1 Å². The van der Waals surface area contributed by atoms with Crippen molar-refractivity contribution in [1.82, 2.24) is 14.7 Å². The predicted molar refractivity (Wildman–Crippen MR) is 148 cm³/mol. The number of piperazine rings is 1. The molecule has 4 atom stereocenters. The number of rotatable bonds is 6. The highest BCUT2D eigenvalue weighted by Crippen LogP contribution is 2.54. The van der Waals surface area contributed by atoms with Crippen LogP contribution in [0.3, 0.4) is 0 Å². The average Bonchev–Trinajstić information content (AvgIpc) is 3.33. The quantitative estimate of drug-likeness (QED) is 0.411. The minimum Gasteiger partial charge on any atom is -0.339 e. The van der Waals surface area contributed by atoms with E-state index < -0.39 is 23.4 Å². The molecule has 0 aliphatic carbocycles. The summed E-state index contributed by atoms with van der Waals surface area (Å²) in [5.41, 5.74) is 0.580. The van der Waals surface area contributed by atoms with Crippen LogP contribution in [0.4, 0.5) is 0 Å². The Balaban J connectivity index is 1.51. The van der Waals surface area contributed by atoms with Crippen LogP contribution in [-0.4, -0.2) is 63.0 Å². The second kappa shape index (κ2) is 9.75. The maximum atomic E-state index is 14.4. The molecule has 3 aliphatic heterocycles. The van der Waals surface area contributed by atoms with Crippen LogP contribution >= 0.6 is 15.9 Å². The summed E-state index contributed by atoms with van der Waals surface area (Å²) in [6, 6.07) is 25.2. The minimum atomic E-state index is -1.51. The van der Waals surface area contributed by atoms with Gasteiger partial charge in [0, 0.05) is 29.5 Å². The first-order chi connectivity index (χ1) is 18.9. The maximum Gasteiger partial charge on any atom is 0.255 e. The number of halogens is 1. The molecule has 3 unspecified atom stereocenters. The number of imide groups is 1. The van der Waals surface area contributed by atoms with Crippen LogP contribution in [0, 0.1) is 11.8 Å². The molecule has 6 rings (SSSR count). The van der Waals surface area contributed by atoms with E-state index in [-0.39, 0.29) is 43.1 Å². The first-order valence-corrected chi connectivity index (χ1v) is 14.0. The molecule has 3 aromatic rings. The normalized spacial score (nSPS) is 25.8. The summed E-state index contributed by atoms with van der Waals surface area (Å²) in [5.74, 6) is -3.05. The van der Waals surface area contributed by atoms with Gasteiger partial charge in [-0.1, -0.05) is 76.6 Å². The van der Waals surface area contributed by atoms with E-state index >= 15 is 0 Å². The monoisotopic (exact) mass is 585 g/mol. The van der Waals surface area contributed by atoms with E-state index in [1.807, 2.05) is 67.6 Å². The predicted octanol–water partition coefficient (Wildman–Crippen LogP) is 3.92. The van der Waals surface area contributed by atoms with E-state index in [2.05, 4.69) is 15.9 Å². The molecule has 0 radical (unpaired) electrons. The number of amides is 4. The SMILES string of the molecule is CCN1CC2C3C(=O)N(Cc4ccccc4)C(=O)C3[C@](Cc3ccccc3)(C1=O)N2C(=O)c1ccc(Br)cc1. The summed E-state index contributed by atoms with van der Waals surface area (Å²) in [5, 5.41) is 0. The van der Waals surface area contributed by atoms with Crippen LogP contribution in [0.2, 0.25) is 0 Å². The zero-order valence-electron chi connectivity index (χ0n) is 21.5. The highest BCUT2D eigenvalue weighted by Gasteiger charge is 2.75. The summed E-state index contributed by atoms with van der Waals surface area (Å²) in [4.78, 5) is 61.5. The van der Waals surface area contributed by atoms with Gasteiger partial charge in [-0.05, 0) is 42.3 Å². The van der Waals surface area contributed by atoms with E-state index in [1.54, 1.807) is 34.1 Å². The topological polar surface area (TPSA) is 78.0 Å². The van der Waals surface area contributed by atoms with Gasteiger partial charge >= 0.3 is 0 Å². The van der Waals surface area contributed by atoms with Crippen LogP contribution in [-0.2, 0) is 27.3 Å². The van der Waals surface area contributed by atoms with Gasteiger partial charge in [0.15, 0.2) is 0 Å². The molecule has 7 nitrogen and oxygen atoms in total. The summed E-state index contributed by atoms with van der Waals surface area (Å²) >= 11 is 3.42. The zero-order valence-corrected chi connectivity index (χ0v) is 23.1. The summed E-state index contributed by atoms with van der Waals surface area (Å²) in [7, 11) is 0. The molecule has 0 aromatic heterocycles. The van der Waals surface area contributed by atoms with Gasteiger partial charge in [-0.15, -0.1) is 0 Å². The second-order valence-corrected chi connectivity index (χ2v) is 11.3. The molecule has 2 bridgehead atoms. The summed E-state index contributed by atoms with van der Waals surface area (Å²) in [6.45, 7) is 2.68. The summed E-state index contributed by atoms with van der Waals surface area (Å²) < 4.78 is 0.826. The molecule has 4 amide bonds. The Morgan fingerprint density at radius 3 is 2.10 bits per heavy atom. The Kier molecular flexibility index (Phi) is 6.38. The van der Waals surface area contributed by atoms with Gasteiger partial charge in [-0.3, -0.25) is 24.1 Å². The summed E-state index contributed by atoms with van der Waals surface area (Å²) in [6.07, 6.45) is 0.154. The number of nitrogens with zero attached hydrogens (tertiary/aromatic N) is 3. The molecule has 0 saturated carbocycles. The van der Waals surface area contributed by atoms with Gasteiger partial charge in [0.05, 0.1) is 24.4 Å². The molecule has 3 heterocycles. The van der Waals surface area contributed by atoms with Crippen LogP contribution in [0.1, 0.15) is 28.4 Å². The van der Waals surface area contributed by atoms with E-state index in [0.717, 1.165) is 15.6 Å². The molecule has 3 aliphatic rings. The van der Waals surface area contributed by atoms with Gasteiger partial charge in [0.2, 0.25) is 17.7 Å². The molecular weight excluding hydrogens is 558 g/mol. The fourth-order valence-electron chi connectivity index (χ4n) is 6.70. The standard InChI is InChI=1S/C31H28BrN3O4/c1-2-33-19-24-25-26(29(38)34(28(25)37)18-21-11-7-4-8-12-21)31(30(33)39,17-20-9-5-3-6-10-20)35(24)27(36)22-13-15-23(32)16-14-22/h3-16,24-26H,2,17-19H2,1H3/t24?,25?,26?,31-/m1/s1. The third kappa shape index (κ3) is 3.92. The molecule has 8 heteroatoms.